The van der Waals surface area contributed by atoms with Gasteiger partial charge in [0.2, 0.25) is 0 Å². The number of anilines is 1. The zero-order valence-electron chi connectivity index (χ0n) is 14.6. The van der Waals surface area contributed by atoms with Crippen molar-refractivity contribution in [3.8, 4) is 5.75 Å². The van der Waals surface area contributed by atoms with Gasteiger partial charge in [-0.25, -0.2) is 0 Å². The molecule has 26 heavy (non-hydrogen) atoms. The molecule has 0 spiro atoms. The third-order valence-electron chi connectivity index (χ3n) is 4.44. The highest BCUT2D eigenvalue weighted by molar-refractivity contribution is 5.93. The SMILES string of the molecule is c1ccc(COc2ccc(CNc3cccc4ccccc34)cc2)cc1. The van der Waals surface area contributed by atoms with Crippen molar-refractivity contribution >= 4 is 16.5 Å². The summed E-state index contributed by atoms with van der Waals surface area (Å²) in [6, 6.07) is 33.3. The lowest BCUT2D eigenvalue weighted by Gasteiger charge is -2.11. The normalized spacial score (nSPS) is 10.6. The quantitative estimate of drug-likeness (QED) is 0.463. The standard InChI is InChI=1S/C24H21NO/c1-2-7-20(8-3-1)18-26-22-15-13-19(14-16-22)17-25-24-12-6-10-21-9-4-5-11-23(21)24/h1-16,25H,17-18H2. The molecular weight excluding hydrogens is 318 g/mol. The second kappa shape index (κ2) is 7.75. The van der Waals surface area contributed by atoms with E-state index in [1.165, 1.54) is 21.9 Å². The molecule has 0 heterocycles. The Morgan fingerprint density at radius 1 is 0.615 bits per heavy atom. The van der Waals surface area contributed by atoms with Crippen LogP contribution >= 0.6 is 0 Å². The Morgan fingerprint density at radius 3 is 2.19 bits per heavy atom. The van der Waals surface area contributed by atoms with Crippen LogP contribution in [0.2, 0.25) is 0 Å². The van der Waals surface area contributed by atoms with Crippen LogP contribution < -0.4 is 10.1 Å². The predicted molar refractivity (Wildman–Crippen MR) is 108 cm³/mol. The first kappa shape index (κ1) is 16.2. The first-order valence-electron chi connectivity index (χ1n) is 8.86. The van der Waals surface area contributed by atoms with Crippen LogP contribution in [0.5, 0.6) is 5.75 Å². The molecular formula is C24H21NO. The fourth-order valence-corrected chi connectivity index (χ4v) is 3.02. The summed E-state index contributed by atoms with van der Waals surface area (Å²) in [5, 5.41) is 6.04. The monoisotopic (exact) mass is 339 g/mol. The minimum atomic E-state index is 0.592. The van der Waals surface area contributed by atoms with Crippen molar-refractivity contribution in [2.24, 2.45) is 0 Å². The second-order valence-electron chi connectivity index (χ2n) is 6.30. The molecule has 0 amide bonds. The van der Waals surface area contributed by atoms with E-state index < -0.39 is 0 Å². The minimum Gasteiger partial charge on any atom is -0.489 e. The Morgan fingerprint density at radius 2 is 1.35 bits per heavy atom. The van der Waals surface area contributed by atoms with Crippen LogP contribution in [0.3, 0.4) is 0 Å². The molecule has 0 saturated carbocycles. The molecule has 128 valence electrons. The topological polar surface area (TPSA) is 21.3 Å². The molecule has 0 radical (unpaired) electrons. The van der Waals surface area contributed by atoms with Gasteiger partial charge < -0.3 is 10.1 Å². The molecule has 0 atom stereocenters. The molecule has 4 aromatic carbocycles. The van der Waals surface area contributed by atoms with Gasteiger partial charge in [0.15, 0.2) is 0 Å². The summed E-state index contributed by atoms with van der Waals surface area (Å²) in [5.74, 6) is 0.891. The van der Waals surface area contributed by atoms with Crippen molar-refractivity contribution in [2.45, 2.75) is 13.2 Å². The van der Waals surface area contributed by atoms with Crippen molar-refractivity contribution in [1.82, 2.24) is 0 Å². The molecule has 0 bridgehead atoms. The number of benzene rings is 4. The fraction of sp³-hybridized carbons (Fsp3) is 0.0833. The summed E-state index contributed by atoms with van der Waals surface area (Å²) in [6.07, 6.45) is 0. The van der Waals surface area contributed by atoms with Gasteiger partial charge in [0, 0.05) is 17.6 Å². The van der Waals surface area contributed by atoms with Crippen molar-refractivity contribution in [3.05, 3.63) is 108 Å². The van der Waals surface area contributed by atoms with Crippen LogP contribution in [-0.2, 0) is 13.2 Å². The Hall–Kier alpha value is -3.26. The molecule has 4 rings (SSSR count). The van der Waals surface area contributed by atoms with Gasteiger partial charge in [0.1, 0.15) is 12.4 Å². The Kier molecular flexibility index (Phi) is 4.83. The average Bonchev–Trinajstić information content (AvgIpc) is 2.72. The van der Waals surface area contributed by atoms with Crippen molar-refractivity contribution in [2.75, 3.05) is 5.32 Å². The van der Waals surface area contributed by atoms with Crippen LogP contribution in [-0.4, -0.2) is 0 Å². The Balaban J connectivity index is 1.38. The van der Waals surface area contributed by atoms with Crippen LogP contribution in [0.4, 0.5) is 5.69 Å². The van der Waals surface area contributed by atoms with Crippen LogP contribution in [0.25, 0.3) is 10.8 Å². The Bertz CT molecular complexity index is 972. The van der Waals surface area contributed by atoms with Crippen LogP contribution in [0.1, 0.15) is 11.1 Å². The fourth-order valence-electron chi connectivity index (χ4n) is 3.02. The summed E-state index contributed by atoms with van der Waals surface area (Å²) >= 11 is 0. The van der Waals surface area contributed by atoms with Crippen molar-refractivity contribution in [3.63, 3.8) is 0 Å². The van der Waals surface area contributed by atoms with E-state index in [1.54, 1.807) is 0 Å². The van der Waals surface area contributed by atoms with Gasteiger partial charge in [0.25, 0.3) is 0 Å². The molecule has 2 nitrogen and oxygen atoms in total. The molecule has 4 aromatic rings. The van der Waals surface area contributed by atoms with Crippen molar-refractivity contribution < 1.29 is 4.74 Å². The Labute approximate surface area is 154 Å². The minimum absolute atomic E-state index is 0.592. The molecule has 1 N–H and O–H groups in total. The predicted octanol–water partition coefficient (Wildman–Crippen LogP) is 6.03. The van der Waals surface area contributed by atoms with E-state index in [2.05, 4.69) is 72.0 Å². The van der Waals surface area contributed by atoms with E-state index >= 15 is 0 Å². The van der Waals surface area contributed by atoms with Gasteiger partial charge >= 0.3 is 0 Å². The molecule has 0 saturated heterocycles. The number of rotatable bonds is 6. The number of nitrogens with one attached hydrogen (secondary N) is 1. The zero-order valence-corrected chi connectivity index (χ0v) is 14.6. The van der Waals surface area contributed by atoms with E-state index in [0.29, 0.717) is 6.61 Å². The van der Waals surface area contributed by atoms with E-state index in [0.717, 1.165) is 18.0 Å². The summed E-state index contributed by atoms with van der Waals surface area (Å²) in [5.41, 5.74) is 3.56. The highest BCUT2D eigenvalue weighted by atomic mass is 16.5. The van der Waals surface area contributed by atoms with Gasteiger partial charge in [-0.3, -0.25) is 0 Å². The van der Waals surface area contributed by atoms with Gasteiger partial charge in [-0.05, 0) is 34.7 Å². The molecule has 0 aliphatic carbocycles. The molecule has 0 aliphatic heterocycles. The van der Waals surface area contributed by atoms with Crippen LogP contribution in [0, 0.1) is 0 Å². The largest absolute Gasteiger partial charge is 0.489 e. The molecule has 0 fully saturated rings. The number of ether oxygens (including phenoxy) is 1. The van der Waals surface area contributed by atoms with E-state index in [4.69, 9.17) is 4.74 Å². The van der Waals surface area contributed by atoms with Gasteiger partial charge in [0.05, 0.1) is 0 Å². The maximum atomic E-state index is 5.85. The maximum Gasteiger partial charge on any atom is 0.119 e. The lowest BCUT2D eigenvalue weighted by atomic mass is 10.1. The molecule has 0 aliphatic rings. The lowest BCUT2D eigenvalue weighted by Crippen LogP contribution is -2.00. The molecule has 0 aromatic heterocycles. The van der Waals surface area contributed by atoms with Crippen molar-refractivity contribution in [1.29, 1.82) is 0 Å². The van der Waals surface area contributed by atoms with E-state index in [1.807, 2.05) is 30.3 Å². The van der Waals surface area contributed by atoms with Gasteiger partial charge in [-0.2, -0.15) is 0 Å². The molecule has 0 unspecified atom stereocenters. The average molecular weight is 339 g/mol. The summed E-state index contributed by atoms with van der Waals surface area (Å²) in [4.78, 5) is 0. The number of hydrogen-bond acceptors (Lipinski definition) is 2. The highest BCUT2D eigenvalue weighted by Gasteiger charge is 2.01. The van der Waals surface area contributed by atoms with E-state index in [9.17, 15) is 0 Å². The second-order valence-corrected chi connectivity index (χ2v) is 6.30. The first-order chi connectivity index (χ1) is 12.9. The smallest absolute Gasteiger partial charge is 0.119 e. The zero-order chi connectivity index (χ0) is 17.6. The third kappa shape index (κ3) is 3.86. The van der Waals surface area contributed by atoms with Gasteiger partial charge in [-0.15, -0.1) is 0 Å². The summed E-state index contributed by atoms with van der Waals surface area (Å²) < 4.78 is 5.85. The number of fused-ring (bicyclic) bond motifs is 1. The van der Waals surface area contributed by atoms with E-state index in [-0.39, 0.29) is 0 Å². The highest BCUT2D eigenvalue weighted by Crippen LogP contribution is 2.23. The molecule has 2 heteroatoms. The lowest BCUT2D eigenvalue weighted by molar-refractivity contribution is 0.306. The van der Waals surface area contributed by atoms with Gasteiger partial charge in [-0.1, -0.05) is 78.9 Å². The maximum absolute atomic E-state index is 5.85. The first-order valence-corrected chi connectivity index (χ1v) is 8.86. The van der Waals surface area contributed by atoms with Crippen LogP contribution in [0.15, 0.2) is 97.1 Å². The third-order valence-corrected chi connectivity index (χ3v) is 4.44. The summed E-state index contributed by atoms with van der Waals surface area (Å²) in [6.45, 7) is 1.38. The number of hydrogen-bond donors (Lipinski definition) is 1. The summed E-state index contributed by atoms with van der Waals surface area (Å²) in [7, 11) is 0.